The van der Waals surface area contributed by atoms with E-state index in [1.54, 1.807) is 0 Å². The Morgan fingerprint density at radius 2 is 1.65 bits per heavy atom. The smallest absolute Gasteiger partial charge is 0.276 e. The number of fused-ring (bicyclic) bond motifs is 4. The van der Waals surface area contributed by atoms with E-state index in [9.17, 15) is 0 Å². The maximum Gasteiger partial charge on any atom is 0.276 e. The van der Waals surface area contributed by atoms with Crippen LogP contribution in [0.25, 0.3) is 27.8 Å². The van der Waals surface area contributed by atoms with Gasteiger partial charge in [0, 0.05) is 41.9 Å². The highest BCUT2D eigenvalue weighted by Crippen LogP contribution is 2.50. The van der Waals surface area contributed by atoms with Crippen LogP contribution in [0.15, 0.2) is 96.7 Å². The fraction of sp³-hybridized carbons (Fsp3) is 0.265. The third-order valence-corrected chi connectivity index (χ3v) is 7.91. The number of rotatable bonds is 7. The van der Waals surface area contributed by atoms with Crippen molar-refractivity contribution in [2.75, 3.05) is 11.4 Å². The number of anilines is 1. The molecule has 0 N–H and O–H groups in total. The molecule has 3 aromatic carbocycles. The number of hydrogen-bond acceptors (Lipinski definition) is 1. The molecule has 0 atom stereocenters. The number of pyridine rings is 1. The van der Waals surface area contributed by atoms with Crippen LogP contribution in [-0.4, -0.2) is 6.54 Å². The summed E-state index contributed by atoms with van der Waals surface area (Å²) in [6, 6.07) is 23.9. The lowest BCUT2D eigenvalue weighted by atomic mass is 9.81. The van der Waals surface area contributed by atoms with Crippen LogP contribution < -0.4 is 9.47 Å². The van der Waals surface area contributed by atoms with Crippen LogP contribution in [0, 0.1) is 0 Å². The van der Waals surface area contributed by atoms with Gasteiger partial charge >= 0.3 is 0 Å². The van der Waals surface area contributed by atoms with Crippen LogP contribution in [0.4, 0.5) is 5.69 Å². The molecule has 0 radical (unpaired) electrons. The second-order valence-electron chi connectivity index (χ2n) is 10.3. The van der Waals surface area contributed by atoms with Crippen molar-refractivity contribution in [3.63, 3.8) is 0 Å². The van der Waals surface area contributed by atoms with Crippen molar-refractivity contribution in [1.29, 1.82) is 0 Å². The number of unbranched alkanes of at least 4 members (excludes halogenated alkanes) is 1. The van der Waals surface area contributed by atoms with E-state index in [1.807, 2.05) is 0 Å². The largest absolute Gasteiger partial charge is 0.344 e. The number of benzene rings is 3. The third-order valence-electron chi connectivity index (χ3n) is 7.60. The monoisotopic (exact) mass is 507 g/mol. The highest BCUT2D eigenvalue weighted by atomic mass is 35.5. The quantitative estimate of drug-likeness (QED) is 0.137. The number of aromatic nitrogens is 1. The normalized spacial score (nSPS) is 16.1. The molecule has 0 unspecified atom stereocenters. The molecular formula is C34H36ClN2+. The minimum atomic E-state index is -0.0739. The summed E-state index contributed by atoms with van der Waals surface area (Å²) in [5, 5.41) is 4.66. The summed E-state index contributed by atoms with van der Waals surface area (Å²) in [5.74, 6) is 0. The van der Waals surface area contributed by atoms with Crippen molar-refractivity contribution < 1.29 is 4.57 Å². The Kier molecular flexibility index (Phi) is 7.22. The second kappa shape index (κ2) is 10.6. The van der Waals surface area contributed by atoms with Gasteiger partial charge in [-0.3, -0.25) is 0 Å². The zero-order valence-corrected chi connectivity index (χ0v) is 23.1. The molecule has 3 heteroatoms. The van der Waals surface area contributed by atoms with E-state index in [2.05, 4.69) is 134 Å². The molecule has 4 aromatic rings. The van der Waals surface area contributed by atoms with E-state index in [4.69, 9.17) is 11.6 Å². The van der Waals surface area contributed by atoms with E-state index in [0.717, 1.165) is 36.6 Å². The second-order valence-corrected chi connectivity index (χ2v) is 10.7. The number of para-hydroxylation sites is 1. The first kappa shape index (κ1) is 25.3. The van der Waals surface area contributed by atoms with Gasteiger partial charge in [-0.1, -0.05) is 94.0 Å². The topological polar surface area (TPSA) is 7.12 Å². The summed E-state index contributed by atoms with van der Waals surface area (Å²) in [6.45, 7) is 11.0. The van der Waals surface area contributed by atoms with Gasteiger partial charge in [0.2, 0.25) is 5.52 Å². The summed E-state index contributed by atoms with van der Waals surface area (Å²) >= 11 is 6.72. The molecule has 2 nitrogen and oxygen atoms in total. The first-order chi connectivity index (χ1) is 18.0. The van der Waals surface area contributed by atoms with Gasteiger partial charge in [-0.2, -0.15) is 4.57 Å². The van der Waals surface area contributed by atoms with Crippen molar-refractivity contribution in [2.24, 2.45) is 0 Å². The lowest BCUT2D eigenvalue weighted by molar-refractivity contribution is -0.669. The number of likely N-dealkylation sites (N-methyl/N-ethyl adjacent to an activating group) is 1. The Balaban J connectivity index is 1.45. The van der Waals surface area contributed by atoms with Gasteiger partial charge in [0.15, 0.2) is 6.54 Å². The summed E-state index contributed by atoms with van der Waals surface area (Å²) in [6.07, 6.45) is 13.1. The molecule has 0 spiro atoms. The molecule has 188 valence electrons. The molecule has 0 bridgehead atoms. The van der Waals surface area contributed by atoms with Crippen molar-refractivity contribution in [3.8, 4) is 0 Å². The van der Waals surface area contributed by atoms with Gasteiger partial charge in [-0.15, -0.1) is 0 Å². The Morgan fingerprint density at radius 3 is 2.43 bits per heavy atom. The predicted molar refractivity (Wildman–Crippen MR) is 160 cm³/mol. The van der Waals surface area contributed by atoms with E-state index in [0.29, 0.717) is 0 Å². The van der Waals surface area contributed by atoms with Gasteiger partial charge < -0.3 is 4.90 Å². The molecule has 0 aliphatic carbocycles. The molecule has 1 aliphatic heterocycles. The average Bonchev–Trinajstić information content (AvgIpc) is 3.13. The summed E-state index contributed by atoms with van der Waals surface area (Å²) in [4.78, 5) is 2.45. The molecule has 5 rings (SSSR count). The average molecular weight is 508 g/mol. The zero-order valence-electron chi connectivity index (χ0n) is 22.3. The summed E-state index contributed by atoms with van der Waals surface area (Å²) in [5.41, 5.74) is 6.32. The molecule has 0 saturated heterocycles. The molecule has 1 aromatic heterocycles. The summed E-state index contributed by atoms with van der Waals surface area (Å²) in [7, 11) is 0. The number of nitrogens with zero attached hydrogens (tertiary/aromatic N) is 2. The number of aryl methyl sites for hydroxylation is 1. The maximum atomic E-state index is 6.72. The molecule has 0 saturated carbocycles. The Morgan fingerprint density at radius 1 is 0.892 bits per heavy atom. The molecular weight excluding hydrogens is 472 g/mol. The maximum absolute atomic E-state index is 6.72. The van der Waals surface area contributed by atoms with Crippen molar-refractivity contribution >= 4 is 45.0 Å². The lowest BCUT2D eigenvalue weighted by Crippen LogP contribution is -2.36. The number of halogens is 1. The predicted octanol–water partition coefficient (Wildman–Crippen LogP) is 9.01. The van der Waals surface area contributed by atoms with E-state index in [-0.39, 0.29) is 5.41 Å². The van der Waals surface area contributed by atoms with Crippen LogP contribution in [0.5, 0.6) is 0 Å². The third kappa shape index (κ3) is 4.60. The van der Waals surface area contributed by atoms with Gasteiger partial charge in [-0.25, -0.2) is 0 Å². The Hall–Kier alpha value is -3.36. The number of allylic oxidation sites excluding steroid dienone is 5. The zero-order chi connectivity index (χ0) is 26.0. The number of hydrogen-bond donors (Lipinski definition) is 0. The van der Waals surface area contributed by atoms with Crippen molar-refractivity contribution in [3.05, 3.63) is 113 Å². The lowest BCUT2D eigenvalue weighted by Gasteiger charge is -2.26. The first-order valence-electron chi connectivity index (χ1n) is 13.4. The molecule has 2 heterocycles. The van der Waals surface area contributed by atoms with Crippen molar-refractivity contribution in [2.45, 2.75) is 52.5 Å². The van der Waals surface area contributed by atoms with Crippen LogP contribution in [0.1, 0.15) is 51.7 Å². The van der Waals surface area contributed by atoms with Crippen molar-refractivity contribution in [1.82, 2.24) is 0 Å². The molecule has 0 amide bonds. The van der Waals surface area contributed by atoms with Crippen LogP contribution >= 0.6 is 11.6 Å². The highest BCUT2D eigenvalue weighted by molar-refractivity contribution is 6.29. The van der Waals surface area contributed by atoms with Gasteiger partial charge in [0.1, 0.15) is 0 Å². The van der Waals surface area contributed by atoms with Crippen LogP contribution in [0.3, 0.4) is 0 Å². The minimum absolute atomic E-state index is 0.0739. The summed E-state index contributed by atoms with van der Waals surface area (Å²) < 4.78 is 2.22. The van der Waals surface area contributed by atoms with Gasteiger partial charge in [0.25, 0.3) is 5.15 Å². The van der Waals surface area contributed by atoms with E-state index < -0.39 is 0 Å². The van der Waals surface area contributed by atoms with Gasteiger partial charge in [-0.05, 0) is 58.6 Å². The first-order valence-corrected chi connectivity index (χ1v) is 13.8. The van der Waals surface area contributed by atoms with Gasteiger partial charge in [0.05, 0.1) is 5.39 Å². The highest BCUT2D eigenvalue weighted by Gasteiger charge is 2.40. The Labute approximate surface area is 226 Å². The fourth-order valence-electron chi connectivity index (χ4n) is 5.78. The molecule has 37 heavy (non-hydrogen) atoms. The van der Waals surface area contributed by atoms with E-state index in [1.165, 1.54) is 38.6 Å². The fourth-order valence-corrected chi connectivity index (χ4v) is 6.07. The standard InChI is InChI=1S/C34H36ClN2/c1-5-7-23-37-29-19-14-13-17-27(29)26(24-32(37)35)16-9-8-10-20-31-34(3,4)33-28-18-12-11-15-25(28)21-22-30(33)36(31)6-2/h8-22,24H,5-7,23H2,1-4H3/q+1. The minimum Gasteiger partial charge on any atom is -0.344 e. The SMILES string of the molecule is CCCC[n+]1c(Cl)cc(C=CC=CC=C2N(CC)c3ccc4ccccc4c3C2(C)C)c2ccccc21. The van der Waals surface area contributed by atoms with E-state index >= 15 is 0 Å². The molecule has 0 fully saturated rings. The van der Waals surface area contributed by atoms with Crippen LogP contribution in [-0.2, 0) is 12.0 Å². The molecule has 1 aliphatic rings. The van der Waals surface area contributed by atoms with Crippen LogP contribution in [0.2, 0.25) is 5.15 Å². The Bertz CT molecular complexity index is 1540.